The minimum absolute atomic E-state index is 0.102. The summed E-state index contributed by atoms with van der Waals surface area (Å²) < 4.78 is 16.8. The van der Waals surface area contributed by atoms with E-state index in [2.05, 4.69) is 87.6 Å². The maximum atomic E-state index is 12.8. The third-order valence-electron chi connectivity index (χ3n) is 14.2. The number of hydrogen-bond acceptors (Lipinski definition) is 6. The first-order valence-corrected chi connectivity index (χ1v) is 32.4. The lowest BCUT2D eigenvalue weighted by Crippen LogP contribution is -2.30. The van der Waals surface area contributed by atoms with Crippen LogP contribution in [0, 0.1) is 0 Å². The first kappa shape index (κ1) is 71.8. The van der Waals surface area contributed by atoms with Crippen molar-refractivity contribution in [1.29, 1.82) is 0 Å². The fraction of sp³-hybridized carbons (Fsp3) is 0.783. The van der Waals surface area contributed by atoms with Crippen LogP contribution >= 0.6 is 0 Å². The van der Waals surface area contributed by atoms with Gasteiger partial charge in [0.2, 0.25) is 0 Å². The molecule has 6 heteroatoms. The van der Waals surface area contributed by atoms with Gasteiger partial charge in [-0.25, -0.2) is 0 Å². The molecule has 0 saturated heterocycles. The summed E-state index contributed by atoms with van der Waals surface area (Å²) >= 11 is 0. The van der Waals surface area contributed by atoms with Gasteiger partial charge in [0.25, 0.3) is 0 Å². The second-order valence-corrected chi connectivity index (χ2v) is 21.7. The third kappa shape index (κ3) is 61.6. The predicted molar refractivity (Wildman–Crippen MR) is 325 cm³/mol. The number of esters is 3. The van der Waals surface area contributed by atoms with Crippen molar-refractivity contribution in [3.8, 4) is 0 Å². The van der Waals surface area contributed by atoms with Crippen molar-refractivity contribution in [2.45, 2.75) is 335 Å². The van der Waals surface area contributed by atoms with Gasteiger partial charge in [-0.3, -0.25) is 14.4 Å². The van der Waals surface area contributed by atoms with E-state index in [1.54, 1.807) is 0 Å². The number of ether oxygens (including phenoxy) is 3. The molecule has 434 valence electrons. The van der Waals surface area contributed by atoms with Crippen LogP contribution in [0.2, 0.25) is 0 Å². The lowest BCUT2D eigenvalue weighted by Gasteiger charge is -2.18. The zero-order valence-electron chi connectivity index (χ0n) is 49.8. The van der Waals surface area contributed by atoms with E-state index in [-0.39, 0.29) is 37.5 Å². The zero-order valence-corrected chi connectivity index (χ0v) is 49.8. The van der Waals surface area contributed by atoms with Crippen LogP contribution in [-0.2, 0) is 28.6 Å². The van der Waals surface area contributed by atoms with Gasteiger partial charge in [0.1, 0.15) is 13.2 Å². The van der Waals surface area contributed by atoms with Gasteiger partial charge in [0.15, 0.2) is 6.10 Å². The van der Waals surface area contributed by atoms with Crippen molar-refractivity contribution in [3.05, 3.63) is 72.9 Å². The van der Waals surface area contributed by atoms with Crippen molar-refractivity contribution in [3.63, 3.8) is 0 Å². The Balaban J connectivity index is 4.18. The molecule has 1 unspecified atom stereocenters. The second kappa shape index (κ2) is 63.4. The van der Waals surface area contributed by atoms with Crippen LogP contribution in [0.4, 0.5) is 0 Å². The van der Waals surface area contributed by atoms with Crippen molar-refractivity contribution in [1.82, 2.24) is 0 Å². The highest BCUT2D eigenvalue weighted by molar-refractivity contribution is 5.71. The standard InChI is InChI=1S/C69H122O6/c1-4-7-10-13-16-19-21-23-25-27-29-30-31-32-33-34-35-36-37-38-40-41-43-45-47-50-53-56-59-62-68(71)74-65-66(64-73-67(70)61-58-55-52-49-18-15-12-9-6-3)75-69(72)63-60-57-54-51-48-46-44-42-39-28-26-24-22-20-17-14-11-8-5-2/h8,11,17,20,24,26,39,42,46,48,54,57,66H,4-7,9-10,12-16,18-19,21-23,25,27-38,40-41,43-45,47,49-53,55-56,58-65H2,1-3H3/b11-8-,20-17-,26-24-,42-39-,48-46-,57-54-. The predicted octanol–water partition coefficient (Wildman–Crippen LogP) is 22.1. The van der Waals surface area contributed by atoms with E-state index >= 15 is 0 Å². The van der Waals surface area contributed by atoms with Gasteiger partial charge in [-0.1, -0.05) is 325 Å². The highest BCUT2D eigenvalue weighted by atomic mass is 16.6. The maximum Gasteiger partial charge on any atom is 0.306 e. The Hall–Kier alpha value is -3.15. The summed E-state index contributed by atoms with van der Waals surface area (Å²) in [6.45, 7) is 6.48. The molecular weight excluding hydrogens is 925 g/mol. The van der Waals surface area contributed by atoms with E-state index in [1.807, 2.05) is 6.08 Å². The summed E-state index contributed by atoms with van der Waals surface area (Å²) in [6, 6.07) is 0. The lowest BCUT2D eigenvalue weighted by atomic mass is 10.0. The third-order valence-corrected chi connectivity index (χ3v) is 14.2. The van der Waals surface area contributed by atoms with E-state index in [4.69, 9.17) is 14.2 Å². The molecule has 1 atom stereocenters. The van der Waals surface area contributed by atoms with Crippen LogP contribution in [0.1, 0.15) is 329 Å². The van der Waals surface area contributed by atoms with Crippen molar-refractivity contribution in [2.24, 2.45) is 0 Å². The van der Waals surface area contributed by atoms with E-state index in [0.717, 1.165) is 77.0 Å². The van der Waals surface area contributed by atoms with Gasteiger partial charge >= 0.3 is 17.9 Å². The Morgan fingerprint density at radius 2 is 0.520 bits per heavy atom. The van der Waals surface area contributed by atoms with E-state index in [0.29, 0.717) is 19.3 Å². The smallest absolute Gasteiger partial charge is 0.306 e. The molecule has 0 N–H and O–H groups in total. The molecule has 6 nitrogen and oxygen atoms in total. The summed E-state index contributed by atoms with van der Waals surface area (Å²) in [4.78, 5) is 38.1. The molecule has 0 bridgehead atoms. The Labute approximate surface area is 465 Å². The van der Waals surface area contributed by atoms with Gasteiger partial charge in [-0.05, 0) is 57.8 Å². The Kier molecular flexibility index (Phi) is 60.7. The van der Waals surface area contributed by atoms with Crippen LogP contribution < -0.4 is 0 Å². The van der Waals surface area contributed by atoms with Crippen LogP contribution in [0.5, 0.6) is 0 Å². The Morgan fingerprint density at radius 3 is 0.787 bits per heavy atom. The highest BCUT2D eigenvalue weighted by Crippen LogP contribution is 2.18. The monoisotopic (exact) mass is 1050 g/mol. The topological polar surface area (TPSA) is 78.9 Å². The molecule has 0 aromatic rings. The number of carbonyl (C=O) groups is 3. The van der Waals surface area contributed by atoms with Crippen LogP contribution in [0.25, 0.3) is 0 Å². The second-order valence-electron chi connectivity index (χ2n) is 21.7. The van der Waals surface area contributed by atoms with E-state index in [9.17, 15) is 14.4 Å². The number of carbonyl (C=O) groups excluding carboxylic acids is 3. The fourth-order valence-electron chi connectivity index (χ4n) is 9.41. The molecule has 0 saturated carbocycles. The van der Waals surface area contributed by atoms with Crippen molar-refractivity contribution < 1.29 is 28.6 Å². The molecule has 0 spiro atoms. The average Bonchev–Trinajstić information content (AvgIpc) is 3.41. The fourth-order valence-corrected chi connectivity index (χ4v) is 9.41. The number of rotatable bonds is 59. The van der Waals surface area contributed by atoms with E-state index in [1.165, 1.54) is 205 Å². The van der Waals surface area contributed by atoms with Crippen LogP contribution in [0.15, 0.2) is 72.9 Å². The van der Waals surface area contributed by atoms with Gasteiger partial charge < -0.3 is 14.2 Å². The summed E-state index contributed by atoms with van der Waals surface area (Å²) in [5.74, 6) is -0.976. The molecule has 0 amide bonds. The molecule has 75 heavy (non-hydrogen) atoms. The van der Waals surface area contributed by atoms with Gasteiger partial charge in [0, 0.05) is 19.3 Å². The largest absolute Gasteiger partial charge is 0.462 e. The zero-order chi connectivity index (χ0) is 54.3. The average molecular weight is 1050 g/mol. The molecule has 0 radical (unpaired) electrons. The van der Waals surface area contributed by atoms with Gasteiger partial charge in [-0.15, -0.1) is 0 Å². The summed E-state index contributed by atoms with van der Waals surface area (Å²) in [7, 11) is 0. The van der Waals surface area contributed by atoms with E-state index < -0.39 is 6.10 Å². The van der Waals surface area contributed by atoms with Crippen LogP contribution in [0.3, 0.4) is 0 Å². The van der Waals surface area contributed by atoms with Crippen LogP contribution in [-0.4, -0.2) is 37.2 Å². The molecule has 0 fully saturated rings. The lowest BCUT2D eigenvalue weighted by molar-refractivity contribution is -0.166. The molecule has 0 heterocycles. The van der Waals surface area contributed by atoms with Crippen molar-refractivity contribution in [2.75, 3.05) is 13.2 Å². The first-order valence-electron chi connectivity index (χ1n) is 32.4. The molecular formula is C69H122O6. The molecule has 0 aliphatic carbocycles. The molecule has 0 aliphatic rings. The van der Waals surface area contributed by atoms with Gasteiger partial charge in [0.05, 0.1) is 0 Å². The Bertz CT molecular complexity index is 1390. The maximum absolute atomic E-state index is 12.8. The molecule has 0 rings (SSSR count). The number of unbranched alkanes of at least 4 members (excludes halogenated alkanes) is 36. The highest BCUT2D eigenvalue weighted by Gasteiger charge is 2.19. The number of hydrogen-bond donors (Lipinski definition) is 0. The normalized spacial score (nSPS) is 12.5. The summed E-state index contributed by atoms with van der Waals surface area (Å²) in [6.07, 6.45) is 82.4. The quantitative estimate of drug-likeness (QED) is 0.0261. The minimum Gasteiger partial charge on any atom is -0.462 e. The minimum atomic E-state index is -0.813. The Morgan fingerprint density at radius 1 is 0.280 bits per heavy atom. The SMILES string of the molecule is CC/C=C\C/C=C\C/C=C\C/C=C\C/C=C\C/C=C\CCC(=O)OC(COC(=O)CCCCCCCCCCC)COC(=O)CCCCCCCCCCCCCCCCCCCCCCCCCCCCCCC. The first-order chi connectivity index (χ1) is 37.0. The molecule has 0 aromatic carbocycles. The molecule has 0 aromatic heterocycles. The summed E-state index contributed by atoms with van der Waals surface area (Å²) in [5, 5.41) is 0. The van der Waals surface area contributed by atoms with Gasteiger partial charge in [-0.2, -0.15) is 0 Å². The number of allylic oxidation sites excluding steroid dienone is 12. The van der Waals surface area contributed by atoms with Crippen molar-refractivity contribution >= 4 is 17.9 Å². The molecule has 0 aliphatic heterocycles. The summed E-state index contributed by atoms with van der Waals surface area (Å²) in [5.41, 5.74) is 0.